The molecule has 2 aromatic carbocycles. The second kappa shape index (κ2) is 6.24. The molecule has 0 unspecified atom stereocenters. The highest BCUT2D eigenvalue weighted by atomic mass is 79.9. The summed E-state index contributed by atoms with van der Waals surface area (Å²) in [6.45, 7) is 3.41. The van der Waals surface area contributed by atoms with Gasteiger partial charge < -0.3 is 9.84 Å². The third kappa shape index (κ3) is 3.40. The summed E-state index contributed by atoms with van der Waals surface area (Å²) in [5.74, 6) is 0.671. The molecule has 0 heterocycles. The Labute approximate surface area is 130 Å². The van der Waals surface area contributed by atoms with Gasteiger partial charge >= 0.3 is 5.69 Å². The monoisotopic (exact) mass is 351 g/mol. The maximum Gasteiger partial charge on any atom is 0.311 e. The first kappa shape index (κ1) is 15.5. The Bertz CT molecular complexity index is 685. The lowest BCUT2D eigenvalue weighted by molar-refractivity contribution is -0.385. The fourth-order valence-electron chi connectivity index (χ4n) is 1.88. The van der Waals surface area contributed by atoms with Crippen molar-refractivity contribution in [1.29, 1.82) is 0 Å². The van der Waals surface area contributed by atoms with Crippen molar-refractivity contribution in [2.24, 2.45) is 0 Å². The summed E-state index contributed by atoms with van der Waals surface area (Å²) in [5.41, 5.74) is 1.32. The van der Waals surface area contributed by atoms with Crippen molar-refractivity contribution >= 4 is 21.6 Å². The first-order valence-corrected chi connectivity index (χ1v) is 7.09. The van der Waals surface area contributed by atoms with Crippen molar-refractivity contribution < 1.29 is 14.8 Å². The fourth-order valence-corrected chi connectivity index (χ4v) is 2.36. The zero-order chi connectivity index (χ0) is 15.6. The van der Waals surface area contributed by atoms with Gasteiger partial charge in [-0.15, -0.1) is 0 Å². The maximum atomic E-state index is 11.1. The van der Waals surface area contributed by atoms with Crippen LogP contribution in [0.25, 0.3) is 0 Å². The van der Waals surface area contributed by atoms with Gasteiger partial charge in [0.25, 0.3) is 0 Å². The minimum absolute atomic E-state index is 0.0819. The maximum absolute atomic E-state index is 11.1. The molecular formula is C15H14BrNO4. The van der Waals surface area contributed by atoms with Crippen molar-refractivity contribution in [3.05, 3.63) is 62.1 Å². The normalized spacial score (nSPS) is 12.0. The molecule has 0 saturated carbocycles. The summed E-state index contributed by atoms with van der Waals surface area (Å²) >= 11 is 3.35. The van der Waals surface area contributed by atoms with Gasteiger partial charge in [0.15, 0.2) is 0 Å². The Hall–Kier alpha value is -1.92. The van der Waals surface area contributed by atoms with E-state index in [0.29, 0.717) is 15.8 Å². The number of aliphatic hydroxyl groups excluding tert-OH is 1. The largest absolute Gasteiger partial charge is 0.449 e. The standard InChI is InChI=1S/C15H14BrNO4/c1-9-4-3-5-13(17(19)20)15(9)21-14-7-6-11(10(2)18)8-12(14)16/h3-8,10,18H,1-2H3/t10-/m0/s1. The number of nitro groups is 1. The molecule has 1 N–H and O–H groups in total. The quantitative estimate of drug-likeness (QED) is 0.649. The fraction of sp³-hybridized carbons (Fsp3) is 0.200. The number of para-hydroxylation sites is 1. The summed E-state index contributed by atoms with van der Waals surface area (Å²) in [7, 11) is 0. The second-order valence-electron chi connectivity index (χ2n) is 4.65. The zero-order valence-corrected chi connectivity index (χ0v) is 13.1. The molecule has 0 spiro atoms. The van der Waals surface area contributed by atoms with Crippen LogP contribution in [-0.2, 0) is 0 Å². The van der Waals surface area contributed by atoms with E-state index in [1.54, 1.807) is 44.2 Å². The molecule has 0 aliphatic heterocycles. The molecule has 0 saturated heterocycles. The molecule has 2 rings (SSSR count). The third-order valence-electron chi connectivity index (χ3n) is 3.04. The lowest BCUT2D eigenvalue weighted by Crippen LogP contribution is -1.97. The van der Waals surface area contributed by atoms with Crippen molar-refractivity contribution in [1.82, 2.24) is 0 Å². The average molecular weight is 352 g/mol. The van der Waals surface area contributed by atoms with Crippen LogP contribution < -0.4 is 4.74 Å². The highest BCUT2D eigenvalue weighted by Gasteiger charge is 2.19. The lowest BCUT2D eigenvalue weighted by atomic mass is 10.1. The van der Waals surface area contributed by atoms with E-state index >= 15 is 0 Å². The van der Waals surface area contributed by atoms with Crippen molar-refractivity contribution in [2.75, 3.05) is 0 Å². The number of aryl methyl sites for hydroxylation is 1. The number of hydrogen-bond donors (Lipinski definition) is 1. The number of nitrogens with zero attached hydrogens (tertiary/aromatic N) is 1. The highest BCUT2D eigenvalue weighted by Crippen LogP contribution is 2.38. The number of nitro benzene ring substituents is 1. The van der Waals surface area contributed by atoms with Gasteiger partial charge in [-0.1, -0.05) is 18.2 Å². The van der Waals surface area contributed by atoms with E-state index in [2.05, 4.69) is 15.9 Å². The van der Waals surface area contributed by atoms with E-state index in [-0.39, 0.29) is 11.4 Å². The number of halogens is 1. The number of ether oxygens (including phenoxy) is 1. The van der Waals surface area contributed by atoms with Crippen LogP contribution >= 0.6 is 15.9 Å². The van der Waals surface area contributed by atoms with Crippen LogP contribution in [0.15, 0.2) is 40.9 Å². The molecule has 0 bridgehead atoms. The Morgan fingerprint density at radius 1 is 1.33 bits per heavy atom. The summed E-state index contributed by atoms with van der Waals surface area (Å²) in [5, 5.41) is 20.6. The Morgan fingerprint density at radius 2 is 2.05 bits per heavy atom. The number of hydrogen-bond acceptors (Lipinski definition) is 4. The molecule has 21 heavy (non-hydrogen) atoms. The molecule has 0 aliphatic rings. The third-order valence-corrected chi connectivity index (χ3v) is 3.66. The molecule has 0 aliphatic carbocycles. The molecule has 5 nitrogen and oxygen atoms in total. The molecule has 1 atom stereocenters. The highest BCUT2D eigenvalue weighted by molar-refractivity contribution is 9.10. The average Bonchev–Trinajstić information content (AvgIpc) is 2.42. The van der Waals surface area contributed by atoms with E-state index in [0.717, 1.165) is 5.56 Å². The Morgan fingerprint density at radius 3 is 2.62 bits per heavy atom. The van der Waals surface area contributed by atoms with Crippen LogP contribution in [0.3, 0.4) is 0 Å². The molecule has 0 aromatic heterocycles. The van der Waals surface area contributed by atoms with Gasteiger partial charge in [-0.05, 0) is 53.0 Å². The molecular weight excluding hydrogens is 338 g/mol. The summed E-state index contributed by atoms with van der Waals surface area (Å²) in [6.07, 6.45) is -0.594. The molecule has 6 heteroatoms. The van der Waals surface area contributed by atoms with Crippen LogP contribution in [-0.4, -0.2) is 10.0 Å². The first-order valence-electron chi connectivity index (χ1n) is 6.29. The summed E-state index contributed by atoms with van der Waals surface area (Å²) in [6, 6.07) is 9.88. The molecule has 0 radical (unpaired) electrons. The van der Waals surface area contributed by atoms with Gasteiger partial charge in [-0.2, -0.15) is 0 Å². The Kier molecular flexibility index (Phi) is 4.59. The van der Waals surface area contributed by atoms with Crippen LogP contribution in [0.2, 0.25) is 0 Å². The number of benzene rings is 2. The van der Waals surface area contributed by atoms with E-state index in [9.17, 15) is 15.2 Å². The molecule has 0 fully saturated rings. The van der Waals surface area contributed by atoms with Gasteiger partial charge in [-0.25, -0.2) is 0 Å². The Balaban J connectivity index is 2.41. The van der Waals surface area contributed by atoms with E-state index < -0.39 is 11.0 Å². The first-order chi connectivity index (χ1) is 9.90. The van der Waals surface area contributed by atoms with Crippen LogP contribution in [0.4, 0.5) is 5.69 Å². The number of aliphatic hydroxyl groups is 1. The SMILES string of the molecule is Cc1cccc([N+](=O)[O-])c1Oc1ccc([C@H](C)O)cc1Br. The van der Waals surface area contributed by atoms with Gasteiger partial charge in [0.2, 0.25) is 5.75 Å². The van der Waals surface area contributed by atoms with E-state index in [1.807, 2.05) is 0 Å². The minimum Gasteiger partial charge on any atom is -0.449 e. The minimum atomic E-state index is -0.594. The number of rotatable bonds is 4. The van der Waals surface area contributed by atoms with Gasteiger partial charge in [0.1, 0.15) is 5.75 Å². The van der Waals surface area contributed by atoms with E-state index in [1.165, 1.54) is 6.07 Å². The second-order valence-corrected chi connectivity index (χ2v) is 5.50. The smallest absolute Gasteiger partial charge is 0.311 e. The van der Waals surface area contributed by atoms with Crippen LogP contribution in [0.5, 0.6) is 11.5 Å². The molecule has 0 amide bonds. The molecule has 2 aromatic rings. The zero-order valence-electron chi connectivity index (χ0n) is 11.5. The van der Waals surface area contributed by atoms with Crippen LogP contribution in [0, 0.1) is 17.0 Å². The predicted molar refractivity (Wildman–Crippen MR) is 82.7 cm³/mol. The van der Waals surface area contributed by atoms with E-state index in [4.69, 9.17) is 4.74 Å². The topological polar surface area (TPSA) is 72.6 Å². The van der Waals surface area contributed by atoms with Crippen LogP contribution in [0.1, 0.15) is 24.2 Å². The van der Waals surface area contributed by atoms with Crippen molar-refractivity contribution in [3.63, 3.8) is 0 Å². The van der Waals surface area contributed by atoms with Crippen molar-refractivity contribution in [3.8, 4) is 11.5 Å². The van der Waals surface area contributed by atoms with Gasteiger partial charge in [-0.3, -0.25) is 10.1 Å². The van der Waals surface area contributed by atoms with Gasteiger partial charge in [0.05, 0.1) is 15.5 Å². The summed E-state index contributed by atoms with van der Waals surface area (Å²) in [4.78, 5) is 10.6. The molecule has 110 valence electrons. The lowest BCUT2D eigenvalue weighted by Gasteiger charge is -2.12. The summed E-state index contributed by atoms with van der Waals surface area (Å²) < 4.78 is 6.32. The predicted octanol–water partition coefficient (Wildman–Crippen LogP) is 4.51. The van der Waals surface area contributed by atoms with Gasteiger partial charge in [0, 0.05) is 6.07 Å². The van der Waals surface area contributed by atoms with Crippen molar-refractivity contribution in [2.45, 2.75) is 20.0 Å².